The van der Waals surface area contributed by atoms with Crippen molar-refractivity contribution in [1.29, 1.82) is 0 Å². The lowest BCUT2D eigenvalue weighted by Crippen LogP contribution is -2.21. The first-order valence-electron chi connectivity index (χ1n) is 9.11. The van der Waals surface area contributed by atoms with Crippen molar-refractivity contribution in [1.82, 2.24) is 4.98 Å². The summed E-state index contributed by atoms with van der Waals surface area (Å²) in [6.45, 7) is 9.41. The normalized spacial score (nSPS) is 13.6. The van der Waals surface area contributed by atoms with Gasteiger partial charge in [0.2, 0.25) is 5.91 Å². The van der Waals surface area contributed by atoms with Gasteiger partial charge in [-0.05, 0) is 47.7 Å². The van der Waals surface area contributed by atoms with E-state index in [-0.39, 0.29) is 17.1 Å². The van der Waals surface area contributed by atoms with Gasteiger partial charge in [0.1, 0.15) is 11.6 Å². The predicted octanol–water partition coefficient (Wildman–Crippen LogP) is 5.12. The Kier molecular flexibility index (Phi) is 5.43. The fraction of sp³-hybridized carbons (Fsp3) is 0.429. The van der Waals surface area contributed by atoms with Crippen molar-refractivity contribution < 1.29 is 9.18 Å². The maximum Gasteiger partial charge on any atom is 0.226 e. The van der Waals surface area contributed by atoms with Crippen LogP contribution in [0.2, 0.25) is 5.02 Å². The summed E-state index contributed by atoms with van der Waals surface area (Å²) in [5.74, 6) is 0.268. The van der Waals surface area contributed by atoms with Crippen LogP contribution < -0.4 is 10.2 Å². The molecule has 0 fully saturated rings. The lowest BCUT2D eigenvalue weighted by Gasteiger charge is -2.21. The molecule has 27 heavy (non-hydrogen) atoms. The summed E-state index contributed by atoms with van der Waals surface area (Å²) in [5.41, 5.74) is 3.65. The van der Waals surface area contributed by atoms with Crippen LogP contribution in [0.1, 0.15) is 44.0 Å². The Hall–Kier alpha value is -2.14. The van der Waals surface area contributed by atoms with Crippen molar-refractivity contribution in [3.63, 3.8) is 0 Å². The van der Waals surface area contributed by atoms with Crippen LogP contribution in [0.15, 0.2) is 24.3 Å². The number of halogens is 2. The van der Waals surface area contributed by atoms with Crippen molar-refractivity contribution in [2.24, 2.45) is 5.41 Å². The number of aromatic nitrogens is 1. The standard InChI is InChI=1S/C21H25ClFN3O/c1-13-7-18-17(24-20(13)25-19(27)11-21(2,3)4)5-6-26(18)12-14-8-15(22)10-16(23)9-14/h7-10H,5-6,11-12H2,1-4H3,(H,24,25,27). The van der Waals surface area contributed by atoms with Gasteiger partial charge < -0.3 is 10.2 Å². The molecule has 0 saturated carbocycles. The van der Waals surface area contributed by atoms with E-state index in [0.717, 1.165) is 35.5 Å². The highest BCUT2D eigenvalue weighted by atomic mass is 35.5. The average molecular weight is 390 g/mol. The van der Waals surface area contributed by atoms with Crippen molar-refractivity contribution in [3.05, 3.63) is 51.9 Å². The van der Waals surface area contributed by atoms with E-state index in [1.54, 1.807) is 6.07 Å². The van der Waals surface area contributed by atoms with Crippen molar-refractivity contribution in [3.8, 4) is 0 Å². The van der Waals surface area contributed by atoms with Gasteiger partial charge in [0.15, 0.2) is 0 Å². The van der Waals surface area contributed by atoms with E-state index in [1.807, 2.05) is 33.8 Å². The summed E-state index contributed by atoms with van der Waals surface area (Å²) < 4.78 is 13.6. The van der Waals surface area contributed by atoms with Crippen LogP contribution in [-0.4, -0.2) is 17.4 Å². The van der Waals surface area contributed by atoms with Gasteiger partial charge in [-0.25, -0.2) is 9.37 Å². The third-order valence-corrected chi connectivity index (χ3v) is 4.69. The minimum Gasteiger partial charge on any atom is -0.365 e. The fourth-order valence-electron chi connectivity index (χ4n) is 3.33. The molecule has 1 amide bonds. The van der Waals surface area contributed by atoms with Crippen LogP contribution in [0.25, 0.3) is 0 Å². The van der Waals surface area contributed by atoms with Gasteiger partial charge in [-0.1, -0.05) is 32.4 Å². The quantitative estimate of drug-likeness (QED) is 0.789. The van der Waals surface area contributed by atoms with Gasteiger partial charge in [-0.2, -0.15) is 0 Å². The van der Waals surface area contributed by atoms with E-state index in [0.29, 0.717) is 23.8 Å². The number of anilines is 2. The Morgan fingerprint density at radius 1 is 1.30 bits per heavy atom. The van der Waals surface area contributed by atoms with Gasteiger partial charge >= 0.3 is 0 Å². The molecule has 1 aromatic carbocycles. The van der Waals surface area contributed by atoms with Crippen molar-refractivity contribution in [2.45, 2.75) is 47.1 Å². The molecular weight excluding hydrogens is 365 g/mol. The number of carbonyl (C=O) groups is 1. The van der Waals surface area contributed by atoms with Gasteiger partial charge in [0.05, 0.1) is 11.4 Å². The molecule has 1 aromatic heterocycles. The summed E-state index contributed by atoms with van der Waals surface area (Å²) in [6.07, 6.45) is 1.23. The molecule has 0 unspecified atom stereocenters. The number of benzene rings is 1. The van der Waals surface area contributed by atoms with Crippen LogP contribution in [-0.2, 0) is 17.8 Å². The molecule has 0 radical (unpaired) electrons. The predicted molar refractivity (Wildman–Crippen MR) is 108 cm³/mol. The average Bonchev–Trinajstić information content (AvgIpc) is 2.86. The number of hydrogen-bond donors (Lipinski definition) is 1. The zero-order valence-electron chi connectivity index (χ0n) is 16.2. The molecule has 1 aliphatic rings. The van der Waals surface area contributed by atoms with Gasteiger partial charge in [0.25, 0.3) is 0 Å². The summed E-state index contributed by atoms with van der Waals surface area (Å²) >= 11 is 5.96. The highest BCUT2D eigenvalue weighted by Crippen LogP contribution is 2.32. The molecule has 3 rings (SSSR count). The first-order chi connectivity index (χ1) is 12.6. The number of amides is 1. The van der Waals surface area contributed by atoms with E-state index >= 15 is 0 Å². The van der Waals surface area contributed by atoms with E-state index in [9.17, 15) is 9.18 Å². The first kappa shape index (κ1) is 19.6. The molecule has 0 atom stereocenters. The van der Waals surface area contributed by atoms with E-state index in [2.05, 4.69) is 15.2 Å². The number of carbonyl (C=O) groups excluding carboxylic acids is 1. The van der Waals surface area contributed by atoms with Crippen LogP contribution in [0.4, 0.5) is 15.9 Å². The number of aryl methyl sites for hydroxylation is 1. The highest BCUT2D eigenvalue weighted by molar-refractivity contribution is 6.30. The fourth-order valence-corrected chi connectivity index (χ4v) is 3.57. The maximum absolute atomic E-state index is 13.6. The molecule has 4 nitrogen and oxygen atoms in total. The van der Waals surface area contributed by atoms with Crippen LogP contribution >= 0.6 is 11.6 Å². The highest BCUT2D eigenvalue weighted by Gasteiger charge is 2.24. The van der Waals surface area contributed by atoms with Crippen molar-refractivity contribution >= 4 is 29.0 Å². The molecule has 0 aliphatic carbocycles. The van der Waals surface area contributed by atoms with E-state index < -0.39 is 0 Å². The molecule has 6 heteroatoms. The lowest BCUT2D eigenvalue weighted by atomic mass is 9.92. The Labute approximate surface area is 164 Å². The van der Waals surface area contributed by atoms with Gasteiger partial charge in [-0.3, -0.25) is 4.79 Å². The van der Waals surface area contributed by atoms with Crippen molar-refractivity contribution in [2.75, 3.05) is 16.8 Å². The molecule has 2 aromatic rings. The maximum atomic E-state index is 13.6. The van der Waals surface area contributed by atoms with Crippen LogP contribution in [0, 0.1) is 18.2 Å². The smallest absolute Gasteiger partial charge is 0.226 e. The number of fused-ring (bicyclic) bond motifs is 1. The SMILES string of the molecule is Cc1cc2c(nc1NC(=O)CC(C)(C)C)CCN2Cc1cc(F)cc(Cl)c1. The monoisotopic (exact) mass is 389 g/mol. The summed E-state index contributed by atoms with van der Waals surface area (Å²) in [6, 6.07) is 6.64. The number of hydrogen-bond acceptors (Lipinski definition) is 3. The number of pyridine rings is 1. The zero-order valence-corrected chi connectivity index (χ0v) is 17.0. The molecule has 1 aliphatic heterocycles. The van der Waals surface area contributed by atoms with Crippen LogP contribution in [0.3, 0.4) is 0 Å². The number of nitrogens with one attached hydrogen (secondary N) is 1. The topological polar surface area (TPSA) is 45.2 Å². The van der Waals surface area contributed by atoms with Gasteiger partial charge in [0, 0.05) is 31.0 Å². The number of nitrogens with zero attached hydrogens (tertiary/aromatic N) is 2. The minimum atomic E-state index is -0.330. The molecule has 1 N–H and O–H groups in total. The molecular formula is C21H25ClFN3O. The summed E-state index contributed by atoms with van der Waals surface area (Å²) in [7, 11) is 0. The molecule has 0 saturated heterocycles. The Morgan fingerprint density at radius 2 is 2.04 bits per heavy atom. The Balaban J connectivity index is 1.77. The third-order valence-electron chi connectivity index (χ3n) is 4.47. The second kappa shape index (κ2) is 7.47. The van der Waals surface area contributed by atoms with Gasteiger partial charge in [-0.15, -0.1) is 0 Å². The molecule has 0 bridgehead atoms. The Bertz CT molecular complexity index is 856. The first-order valence-corrected chi connectivity index (χ1v) is 9.49. The third kappa shape index (κ3) is 4.98. The second-order valence-corrected chi connectivity index (χ2v) is 8.79. The molecule has 2 heterocycles. The van der Waals surface area contributed by atoms with Crippen LogP contribution in [0.5, 0.6) is 0 Å². The number of rotatable bonds is 4. The van der Waals surface area contributed by atoms with E-state index in [1.165, 1.54) is 12.1 Å². The lowest BCUT2D eigenvalue weighted by molar-refractivity contribution is -0.117. The minimum absolute atomic E-state index is 0.0256. The largest absolute Gasteiger partial charge is 0.365 e. The molecule has 144 valence electrons. The summed E-state index contributed by atoms with van der Waals surface area (Å²) in [5, 5.41) is 3.34. The molecule has 0 spiro atoms. The van der Waals surface area contributed by atoms with E-state index in [4.69, 9.17) is 11.6 Å². The zero-order chi connectivity index (χ0) is 19.8. The Morgan fingerprint density at radius 3 is 2.70 bits per heavy atom. The summed E-state index contributed by atoms with van der Waals surface area (Å²) in [4.78, 5) is 19.1. The second-order valence-electron chi connectivity index (χ2n) is 8.35.